The maximum Gasteiger partial charge on any atom is 0.419 e. The molecule has 0 radical (unpaired) electrons. The first-order valence-electron chi connectivity index (χ1n) is 6.51. The van der Waals surface area contributed by atoms with Crippen LogP contribution in [0.25, 0.3) is 10.9 Å². The number of rotatable bonds is 3. The van der Waals surface area contributed by atoms with Gasteiger partial charge in [-0.2, -0.15) is 13.2 Å². The van der Waals surface area contributed by atoms with E-state index in [-0.39, 0.29) is 5.03 Å². The molecule has 0 N–H and O–H groups in total. The van der Waals surface area contributed by atoms with Crippen LogP contribution in [0.15, 0.2) is 32.5 Å². The molecule has 126 valence electrons. The van der Waals surface area contributed by atoms with E-state index in [2.05, 4.69) is 15.2 Å². The van der Waals surface area contributed by atoms with Crippen molar-refractivity contribution in [2.75, 3.05) is 6.26 Å². The second kappa shape index (κ2) is 6.70. The first-order chi connectivity index (χ1) is 11.3. The normalized spacial score (nSPS) is 12.1. The van der Waals surface area contributed by atoms with Crippen molar-refractivity contribution in [3.05, 3.63) is 33.8 Å². The number of nitrogens with zero attached hydrogens (tertiary/aromatic N) is 3. The molecule has 0 bridgehead atoms. The summed E-state index contributed by atoms with van der Waals surface area (Å²) in [6.07, 6.45) is -2.68. The van der Waals surface area contributed by atoms with Crippen molar-refractivity contribution in [1.29, 1.82) is 0 Å². The minimum absolute atomic E-state index is 0.138. The Morgan fingerprint density at radius 2 is 1.92 bits per heavy atom. The van der Waals surface area contributed by atoms with Gasteiger partial charge in [0, 0.05) is 10.3 Å². The fourth-order valence-electron chi connectivity index (χ4n) is 2.00. The predicted octanol–water partition coefficient (Wildman–Crippen LogP) is 5.94. The topological polar surface area (TPSA) is 38.7 Å². The first kappa shape index (κ1) is 17.8. The number of pyridine rings is 1. The molecule has 0 aliphatic carbocycles. The van der Waals surface area contributed by atoms with Gasteiger partial charge in [-0.25, -0.2) is 4.98 Å². The van der Waals surface area contributed by atoms with Crippen LogP contribution in [0.3, 0.4) is 0 Å². The second-order valence-corrected chi connectivity index (χ2v) is 8.38. The van der Waals surface area contributed by atoms with E-state index in [9.17, 15) is 13.2 Å². The van der Waals surface area contributed by atoms with Crippen molar-refractivity contribution in [3.8, 4) is 0 Å². The number of benzene rings is 1. The van der Waals surface area contributed by atoms with Crippen molar-refractivity contribution < 1.29 is 13.2 Å². The van der Waals surface area contributed by atoms with E-state index in [4.69, 9.17) is 11.6 Å². The molecule has 24 heavy (non-hydrogen) atoms. The molecule has 3 nitrogen and oxygen atoms in total. The highest BCUT2D eigenvalue weighted by Crippen LogP contribution is 2.41. The molecule has 2 heterocycles. The first-order valence-corrected chi connectivity index (χ1v) is 9.75. The van der Waals surface area contributed by atoms with Crippen LogP contribution in [-0.4, -0.2) is 21.4 Å². The van der Waals surface area contributed by atoms with Crippen molar-refractivity contribution in [2.24, 2.45) is 0 Å². The Balaban J connectivity index is 2.18. The molecule has 0 aliphatic rings. The van der Waals surface area contributed by atoms with Crippen molar-refractivity contribution in [2.45, 2.75) is 27.4 Å². The largest absolute Gasteiger partial charge is 0.419 e. The number of alkyl halides is 3. The molecule has 0 saturated heterocycles. The molecule has 0 spiro atoms. The molecule has 0 atom stereocenters. The summed E-state index contributed by atoms with van der Waals surface area (Å²) in [6, 6.07) is 4.28. The van der Waals surface area contributed by atoms with Crippen LogP contribution in [0.5, 0.6) is 0 Å². The van der Waals surface area contributed by atoms with Crippen molar-refractivity contribution >= 4 is 57.4 Å². The molecule has 0 aliphatic heterocycles. The standard InChI is InChI=1S/C14H9ClF3N3S3/c1-6-20-21-13(23-6)24-12-8(14(16,17)18)3-7-4-9(15)11(22-2)5-10(7)19-12/h3-5H,1-2H3. The van der Waals surface area contributed by atoms with Crippen molar-refractivity contribution in [1.82, 2.24) is 15.2 Å². The third kappa shape index (κ3) is 3.63. The smallest absolute Gasteiger partial charge is 0.240 e. The van der Waals surface area contributed by atoms with Crippen LogP contribution >= 0.6 is 46.5 Å². The Hall–Kier alpha value is -1.03. The molecule has 1 aromatic carbocycles. The summed E-state index contributed by atoms with van der Waals surface area (Å²) >= 11 is 9.60. The van der Waals surface area contributed by atoms with Gasteiger partial charge in [-0.15, -0.1) is 22.0 Å². The molecule has 0 saturated carbocycles. The van der Waals surface area contributed by atoms with Gasteiger partial charge < -0.3 is 0 Å². The molecule has 2 aromatic heterocycles. The van der Waals surface area contributed by atoms with E-state index < -0.39 is 11.7 Å². The molecule has 10 heteroatoms. The Morgan fingerprint density at radius 3 is 2.50 bits per heavy atom. The highest BCUT2D eigenvalue weighted by atomic mass is 35.5. The lowest BCUT2D eigenvalue weighted by atomic mass is 10.1. The minimum atomic E-state index is -4.52. The van der Waals surface area contributed by atoms with E-state index in [1.54, 1.807) is 13.0 Å². The number of hydrogen-bond donors (Lipinski definition) is 0. The Kier molecular flexibility index (Phi) is 4.96. The van der Waals surface area contributed by atoms with Crippen LogP contribution in [0, 0.1) is 6.92 Å². The lowest BCUT2D eigenvalue weighted by Gasteiger charge is -2.13. The van der Waals surface area contributed by atoms with Crippen LogP contribution in [0.2, 0.25) is 5.02 Å². The zero-order valence-electron chi connectivity index (χ0n) is 12.3. The zero-order valence-corrected chi connectivity index (χ0v) is 15.5. The maximum absolute atomic E-state index is 13.4. The molecule has 3 rings (SSSR count). The van der Waals surface area contributed by atoms with Gasteiger partial charge in [0.1, 0.15) is 10.0 Å². The third-order valence-electron chi connectivity index (χ3n) is 3.05. The van der Waals surface area contributed by atoms with E-state index in [0.29, 0.717) is 25.3 Å². The fraction of sp³-hybridized carbons (Fsp3) is 0.214. The Morgan fingerprint density at radius 1 is 1.17 bits per heavy atom. The lowest BCUT2D eigenvalue weighted by Crippen LogP contribution is -2.08. The summed E-state index contributed by atoms with van der Waals surface area (Å²) in [7, 11) is 0. The zero-order chi connectivity index (χ0) is 17.5. The number of aryl methyl sites for hydroxylation is 1. The summed E-state index contributed by atoms with van der Waals surface area (Å²) in [6.45, 7) is 1.74. The van der Waals surface area contributed by atoms with Crippen molar-refractivity contribution in [3.63, 3.8) is 0 Å². The van der Waals surface area contributed by atoms with Crippen LogP contribution in [-0.2, 0) is 6.18 Å². The third-order valence-corrected chi connectivity index (χ3v) is 6.15. The summed E-state index contributed by atoms with van der Waals surface area (Å²) in [4.78, 5) is 4.97. The number of fused-ring (bicyclic) bond motifs is 1. The molecule has 0 fully saturated rings. The Labute approximate surface area is 153 Å². The summed E-state index contributed by atoms with van der Waals surface area (Å²) in [5.41, 5.74) is -0.346. The van der Waals surface area contributed by atoms with Crippen LogP contribution in [0.4, 0.5) is 13.2 Å². The van der Waals surface area contributed by atoms with E-state index >= 15 is 0 Å². The summed E-state index contributed by atoms with van der Waals surface area (Å²) < 4.78 is 40.6. The number of hydrogen-bond acceptors (Lipinski definition) is 6. The minimum Gasteiger partial charge on any atom is -0.240 e. The van der Waals surface area contributed by atoms with Gasteiger partial charge in [0.25, 0.3) is 0 Å². The van der Waals surface area contributed by atoms with Gasteiger partial charge >= 0.3 is 6.18 Å². The highest BCUT2D eigenvalue weighted by molar-refractivity contribution is 8.01. The lowest BCUT2D eigenvalue weighted by molar-refractivity contribution is -0.140. The van der Waals surface area contributed by atoms with E-state index in [1.165, 1.54) is 29.2 Å². The predicted molar refractivity (Wildman–Crippen MR) is 92.3 cm³/mol. The SMILES string of the molecule is CSc1cc2nc(Sc3nnc(C)s3)c(C(F)(F)F)cc2cc1Cl. The van der Waals surface area contributed by atoms with Gasteiger partial charge in [-0.3, -0.25) is 0 Å². The van der Waals surface area contributed by atoms with Crippen LogP contribution < -0.4 is 0 Å². The quantitative estimate of drug-likeness (QED) is 0.502. The molecular weight excluding hydrogens is 399 g/mol. The van der Waals surface area contributed by atoms with Crippen LogP contribution in [0.1, 0.15) is 10.6 Å². The van der Waals surface area contributed by atoms with Gasteiger partial charge in [0.15, 0.2) is 4.34 Å². The molecule has 0 unspecified atom stereocenters. The summed E-state index contributed by atoms with van der Waals surface area (Å²) in [5.74, 6) is 0. The van der Waals surface area contributed by atoms with E-state index in [0.717, 1.165) is 22.7 Å². The van der Waals surface area contributed by atoms with Gasteiger partial charge in [0.05, 0.1) is 16.1 Å². The average Bonchev–Trinajstić information content (AvgIpc) is 2.90. The average molecular weight is 408 g/mol. The maximum atomic E-state index is 13.4. The second-order valence-electron chi connectivity index (χ2n) is 4.71. The number of thioether (sulfide) groups is 1. The molecule has 3 aromatic rings. The van der Waals surface area contributed by atoms with Gasteiger partial charge in [-0.05, 0) is 43.1 Å². The molecule has 0 amide bonds. The highest BCUT2D eigenvalue weighted by Gasteiger charge is 2.35. The summed E-state index contributed by atoms with van der Waals surface area (Å²) in [5, 5.41) is 8.99. The monoisotopic (exact) mass is 407 g/mol. The number of halogens is 4. The van der Waals surface area contributed by atoms with E-state index in [1.807, 2.05) is 6.26 Å². The molecular formula is C14H9ClF3N3S3. The van der Waals surface area contributed by atoms with Gasteiger partial charge in [-0.1, -0.05) is 22.9 Å². The van der Waals surface area contributed by atoms with Gasteiger partial charge in [0.2, 0.25) is 0 Å². The number of aromatic nitrogens is 3. The Bertz CT molecular complexity index is 911. The fourth-order valence-corrected chi connectivity index (χ4v) is 4.74.